The number of aliphatic hydroxyl groups is 1. The number of rotatable bonds is 6. The van der Waals surface area contributed by atoms with Crippen molar-refractivity contribution in [3.05, 3.63) is 60.3 Å². The molecule has 1 aromatic heterocycles. The Morgan fingerprint density at radius 3 is 2.73 bits per heavy atom. The maximum atomic E-state index is 8.97. The van der Waals surface area contributed by atoms with Gasteiger partial charge in [0.05, 0.1) is 5.69 Å². The number of nitrogens with one attached hydrogen (secondary N) is 2. The maximum Gasteiger partial charge on any atom is 0.231 e. The molecule has 0 saturated heterocycles. The Hall–Kier alpha value is -3.32. The van der Waals surface area contributed by atoms with Gasteiger partial charge < -0.3 is 25.2 Å². The summed E-state index contributed by atoms with van der Waals surface area (Å²) in [5.41, 5.74) is 2.74. The zero-order valence-electron chi connectivity index (χ0n) is 14.0. The van der Waals surface area contributed by atoms with Gasteiger partial charge >= 0.3 is 0 Å². The first-order valence-corrected chi connectivity index (χ1v) is 8.27. The first-order chi connectivity index (χ1) is 12.8. The van der Waals surface area contributed by atoms with E-state index in [0.717, 1.165) is 16.9 Å². The van der Waals surface area contributed by atoms with Crippen molar-refractivity contribution >= 4 is 23.1 Å². The summed E-state index contributed by atoms with van der Waals surface area (Å²) < 4.78 is 10.9. The van der Waals surface area contributed by atoms with Crippen LogP contribution >= 0.6 is 0 Å². The molecule has 0 radical (unpaired) electrons. The highest BCUT2D eigenvalue weighted by molar-refractivity contribution is 5.69. The minimum atomic E-state index is 0.140. The van der Waals surface area contributed by atoms with Crippen LogP contribution in [-0.4, -0.2) is 28.5 Å². The molecular weight excluding hydrogens is 332 g/mol. The van der Waals surface area contributed by atoms with Crippen molar-refractivity contribution in [1.82, 2.24) is 9.97 Å². The molecule has 0 fully saturated rings. The molecule has 1 aliphatic heterocycles. The largest absolute Gasteiger partial charge is 0.454 e. The normalized spacial score (nSPS) is 12.0. The van der Waals surface area contributed by atoms with E-state index in [-0.39, 0.29) is 13.4 Å². The molecule has 0 bridgehead atoms. The Balaban J connectivity index is 1.49. The van der Waals surface area contributed by atoms with Crippen molar-refractivity contribution in [2.45, 2.75) is 6.42 Å². The highest BCUT2D eigenvalue weighted by atomic mass is 16.7. The molecule has 3 N–H and O–H groups in total. The van der Waals surface area contributed by atoms with Crippen molar-refractivity contribution in [2.24, 2.45) is 0 Å². The Morgan fingerprint density at radius 2 is 1.88 bits per heavy atom. The van der Waals surface area contributed by atoms with E-state index in [1.807, 2.05) is 42.5 Å². The number of ether oxygens (including phenoxy) is 2. The smallest absolute Gasteiger partial charge is 0.231 e. The lowest BCUT2D eigenvalue weighted by atomic mass is 10.1. The van der Waals surface area contributed by atoms with Gasteiger partial charge in [-0.15, -0.1) is 0 Å². The SMILES string of the molecule is OCCc1ccc(Nc2nccc(Nc3cccc4c3OCO4)n2)cc1. The number of hydrogen-bond donors (Lipinski definition) is 3. The van der Waals surface area contributed by atoms with Crippen LogP contribution < -0.4 is 20.1 Å². The molecular formula is C19H18N4O3. The minimum Gasteiger partial charge on any atom is -0.454 e. The monoisotopic (exact) mass is 350 g/mol. The lowest BCUT2D eigenvalue weighted by Gasteiger charge is -2.10. The third-order valence-corrected chi connectivity index (χ3v) is 3.93. The van der Waals surface area contributed by atoms with Gasteiger partial charge in [0.1, 0.15) is 5.82 Å². The number of para-hydroxylation sites is 1. The number of hydrogen-bond acceptors (Lipinski definition) is 7. The van der Waals surface area contributed by atoms with Crippen molar-refractivity contribution in [2.75, 3.05) is 24.0 Å². The van der Waals surface area contributed by atoms with Gasteiger partial charge in [0.15, 0.2) is 11.5 Å². The summed E-state index contributed by atoms with van der Waals surface area (Å²) in [6.07, 6.45) is 2.32. The summed E-state index contributed by atoms with van der Waals surface area (Å²) in [6.45, 7) is 0.360. The van der Waals surface area contributed by atoms with Crippen LogP contribution in [0.1, 0.15) is 5.56 Å². The summed E-state index contributed by atoms with van der Waals surface area (Å²) >= 11 is 0. The highest BCUT2D eigenvalue weighted by Crippen LogP contribution is 2.39. The van der Waals surface area contributed by atoms with Crippen LogP contribution in [0.15, 0.2) is 54.7 Å². The van der Waals surface area contributed by atoms with Gasteiger partial charge in [-0.05, 0) is 42.3 Å². The number of nitrogens with zero attached hydrogens (tertiary/aromatic N) is 2. The zero-order chi connectivity index (χ0) is 17.8. The molecule has 1 aliphatic rings. The molecule has 2 heterocycles. The summed E-state index contributed by atoms with van der Waals surface area (Å²) in [4.78, 5) is 8.73. The van der Waals surface area contributed by atoms with Crippen LogP contribution in [0.5, 0.6) is 11.5 Å². The van der Waals surface area contributed by atoms with Crippen molar-refractivity contribution in [3.63, 3.8) is 0 Å². The number of aromatic nitrogens is 2. The summed E-state index contributed by atoms with van der Waals surface area (Å²) in [7, 11) is 0. The van der Waals surface area contributed by atoms with Crippen LogP contribution in [0.4, 0.5) is 23.1 Å². The third kappa shape index (κ3) is 3.52. The van der Waals surface area contributed by atoms with E-state index in [0.29, 0.717) is 29.7 Å². The molecule has 0 spiro atoms. The molecule has 4 rings (SSSR count). The molecule has 7 heteroatoms. The van der Waals surface area contributed by atoms with Crippen LogP contribution in [0.3, 0.4) is 0 Å². The summed E-state index contributed by atoms with van der Waals surface area (Å²) in [6, 6.07) is 15.2. The van der Waals surface area contributed by atoms with E-state index in [2.05, 4.69) is 20.6 Å². The standard InChI is InChI=1S/C19H18N4O3/c24-11-9-13-4-6-14(7-5-13)21-19-20-10-8-17(23-19)22-15-2-1-3-16-18(15)26-12-25-16/h1-8,10,24H,9,11-12H2,(H2,20,21,22,23). The van der Waals surface area contributed by atoms with Crippen molar-refractivity contribution in [1.29, 1.82) is 0 Å². The molecule has 132 valence electrons. The number of fused-ring (bicyclic) bond motifs is 1. The second kappa shape index (κ2) is 7.28. The fraction of sp³-hybridized carbons (Fsp3) is 0.158. The molecule has 0 aliphatic carbocycles. The Morgan fingerprint density at radius 1 is 1.00 bits per heavy atom. The average molecular weight is 350 g/mol. The second-order valence-electron chi connectivity index (χ2n) is 5.73. The molecule has 0 atom stereocenters. The Bertz CT molecular complexity index is 900. The Labute approximate surface area is 150 Å². The average Bonchev–Trinajstić information content (AvgIpc) is 3.14. The van der Waals surface area contributed by atoms with Crippen LogP contribution in [-0.2, 0) is 6.42 Å². The predicted molar refractivity (Wildman–Crippen MR) is 98.4 cm³/mol. The molecule has 0 unspecified atom stereocenters. The number of benzene rings is 2. The molecule has 7 nitrogen and oxygen atoms in total. The van der Waals surface area contributed by atoms with Gasteiger partial charge in [0.25, 0.3) is 0 Å². The first kappa shape index (κ1) is 16.2. The van der Waals surface area contributed by atoms with E-state index >= 15 is 0 Å². The van der Waals surface area contributed by atoms with Crippen LogP contribution in [0.25, 0.3) is 0 Å². The van der Waals surface area contributed by atoms with Gasteiger partial charge in [-0.3, -0.25) is 0 Å². The van der Waals surface area contributed by atoms with Gasteiger partial charge in [-0.2, -0.15) is 4.98 Å². The predicted octanol–water partition coefficient (Wildman–Crippen LogP) is 3.23. The quantitative estimate of drug-likeness (QED) is 0.629. The van der Waals surface area contributed by atoms with Crippen LogP contribution in [0, 0.1) is 0 Å². The fourth-order valence-corrected chi connectivity index (χ4v) is 2.67. The van der Waals surface area contributed by atoms with Crippen molar-refractivity contribution in [3.8, 4) is 11.5 Å². The topological polar surface area (TPSA) is 88.5 Å². The molecule has 0 saturated carbocycles. The lowest BCUT2D eigenvalue weighted by Crippen LogP contribution is -2.01. The molecule has 2 aromatic carbocycles. The van der Waals surface area contributed by atoms with Gasteiger partial charge in [-0.1, -0.05) is 18.2 Å². The number of aliphatic hydroxyl groups excluding tert-OH is 1. The zero-order valence-corrected chi connectivity index (χ0v) is 14.0. The summed E-state index contributed by atoms with van der Waals surface area (Å²) in [5, 5.41) is 15.4. The van der Waals surface area contributed by atoms with E-state index in [1.165, 1.54) is 0 Å². The summed E-state index contributed by atoms with van der Waals surface area (Å²) in [5.74, 6) is 2.52. The lowest BCUT2D eigenvalue weighted by molar-refractivity contribution is 0.174. The molecule has 0 amide bonds. The first-order valence-electron chi connectivity index (χ1n) is 8.27. The van der Waals surface area contributed by atoms with Gasteiger partial charge in [0.2, 0.25) is 12.7 Å². The maximum absolute atomic E-state index is 8.97. The molecule has 3 aromatic rings. The van der Waals surface area contributed by atoms with E-state index in [4.69, 9.17) is 14.6 Å². The van der Waals surface area contributed by atoms with E-state index in [1.54, 1.807) is 12.3 Å². The van der Waals surface area contributed by atoms with Crippen molar-refractivity contribution < 1.29 is 14.6 Å². The molecule has 26 heavy (non-hydrogen) atoms. The minimum absolute atomic E-state index is 0.140. The van der Waals surface area contributed by atoms with Crippen LogP contribution in [0.2, 0.25) is 0 Å². The van der Waals surface area contributed by atoms with E-state index < -0.39 is 0 Å². The third-order valence-electron chi connectivity index (χ3n) is 3.93. The number of anilines is 4. The highest BCUT2D eigenvalue weighted by Gasteiger charge is 2.17. The fourth-order valence-electron chi connectivity index (χ4n) is 2.67. The Kier molecular flexibility index (Phi) is 4.53. The van der Waals surface area contributed by atoms with Gasteiger partial charge in [0, 0.05) is 18.5 Å². The second-order valence-corrected chi connectivity index (χ2v) is 5.73. The van der Waals surface area contributed by atoms with E-state index in [9.17, 15) is 0 Å². The van der Waals surface area contributed by atoms with Gasteiger partial charge in [-0.25, -0.2) is 4.98 Å².